The van der Waals surface area contributed by atoms with Crippen molar-refractivity contribution >= 4 is 23.4 Å². The van der Waals surface area contributed by atoms with Gasteiger partial charge in [-0.2, -0.15) is 0 Å². The Morgan fingerprint density at radius 2 is 1.78 bits per heavy atom. The monoisotopic (exact) mass is 484 g/mol. The fourth-order valence-corrected chi connectivity index (χ4v) is 4.72. The van der Waals surface area contributed by atoms with E-state index in [1.54, 1.807) is 67.0 Å². The Balaban J connectivity index is 1.62. The summed E-state index contributed by atoms with van der Waals surface area (Å²) in [6.07, 6.45) is 3.93. The molecule has 36 heavy (non-hydrogen) atoms. The summed E-state index contributed by atoms with van der Waals surface area (Å²) >= 11 is 0. The maximum atomic E-state index is 13.3. The van der Waals surface area contributed by atoms with E-state index in [4.69, 9.17) is 9.47 Å². The molecule has 0 aliphatic carbocycles. The second-order valence-electron chi connectivity index (χ2n) is 8.85. The van der Waals surface area contributed by atoms with Crippen LogP contribution in [0.3, 0.4) is 0 Å². The summed E-state index contributed by atoms with van der Waals surface area (Å²) in [5, 5.41) is 11.4. The van der Waals surface area contributed by atoms with Gasteiger partial charge in [-0.15, -0.1) is 0 Å². The molecule has 2 aromatic carbocycles. The van der Waals surface area contributed by atoms with Crippen LogP contribution >= 0.6 is 0 Å². The number of benzene rings is 2. The first-order chi connectivity index (χ1) is 17.4. The van der Waals surface area contributed by atoms with E-state index in [0.717, 1.165) is 16.9 Å². The van der Waals surface area contributed by atoms with Crippen LogP contribution in [0.5, 0.6) is 5.75 Å². The summed E-state index contributed by atoms with van der Waals surface area (Å²) in [7, 11) is 1.29. The van der Waals surface area contributed by atoms with Gasteiger partial charge >= 0.3 is 5.97 Å². The minimum Gasteiger partial charge on any atom is -0.507 e. The van der Waals surface area contributed by atoms with Crippen molar-refractivity contribution < 1.29 is 29.0 Å². The lowest BCUT2D eigenvalue weighted by molar-refractivity contribution is -0.140. The minimum absolute atomic E-state index is 0.00760. The number of pyridine rings is 1. The van der Waals surface area contributed by atoms with Gasteiger partial charge in [0.15, 0.2) is 0 Å². The molecule has 2 aliphatic rings. The lowest BCUT2D eigenvalue weighted by atomic mass is 9.94. The van der Waals surface area contributed by atoms with Gasteiger partial charge < -0.3 is 19.5 Å². The highest BCUT2D eigenvalue weighted by atomic mass is 16.5. The van der Waals surface area contributed by atoms with E-state index in [0.29, 0.717) is 23.1 Å². The Morgan fingerprint density at radius 1 is 1.08 bits per heavy atom. The predicted molar refractivity (Wildman–Crippen MR) is 130 cm³/mol. The second-order valence-corrected chi connectivity index (χ2v) is 8.85. The van der Waals surface area contributed by atoms with Crippen molar-refractivity contribution in [2.24, 2.45) is 0 Å². The van der Waals surface area contributed by atoms with Crippen LogP contribution in [-0.2, 0) is 27.3 Å². The average Bonchev–Trinajstić information content (AvgIpc) is 3.39. The summed E-state index contributed by atoms with van der Waals surface area (Å²) in [6, 6.07) is 14.4. The molecule has 3 aromatic rings. The number of aliphatic hydroxyl groups excluding tert-OH is 1. The molecule has 2 atom stereocenters. The van der Waals surface area contributed by atoms with E-state index < -0.39 is 23.7 Å². The van der Waals surface area contributed by atoms with Gasteiger partial charge in [0.05, 0.1) is 24.3 Å². The number of fused-ring (bicyclic) bond motifs is 1. The van der Waals surface area contributed by atoms with E-state index in [-0.39, 0.29) is 24.0 Å². The molecule has 1 saturated heterocycles. The zero-order chi connectivity index (χ0) is 25.4. The van der Waals surface area contributed by atoms with Crippen LogP contribution < -0.4 is 4.74 Å². The van der Waals surface area contributed by atoms with Crippen LogP contribution in [0.4, 0.5) is 0 Å². The summed E-state index contributed by atoms with van der Waals surface area (Å²) < 4.78 is 10.5. The van der Waals surface area contributed by atoms with Gasteiger partial charge in [-0.05, 0) is 66.1 Å². The summed E-state index contributed by atoms with van der Waals surface area (Å²) in [5.74, 6) is -1.49. The maximum absolute atomic E-state index is 13.3. The van der Waals surface area contributed by atoms with Crippen molar-refractivity contribution in [3.63, 3.8) is 0 Å². The van der Waals surface area contributed by atoms with Crippen LogP contribution in [0.25, 0.3) is 5.76 Å². The Kier molecular flexibility index (Phi) is 6.01. The highest BCUT2D eigenvalue weighted by Crippen LogP contribution is 2.41. The number of esters is 1. The second kappa shape index (κ2) is 9.30. The number of aliphatic hydroxyl groups is 1. The molecule has 0 bridgehead atoms. The molecular formula is C28H24N2O6. The van der Waals surface area contributed by atoms with Crippen molar-refractivity contribution in [1.82, 2.24) is 9.88 Å². The third-order valence-corrected chi connectivity index (χ3v) is 6.46. The van der Waals surface area contributed by atoms with Crippen LogP contribution in [0, 0.1) is 0 Å². The van der Waals surface area contributed by atoms with Gasteiger partial charge in [0, 0.05) is 30.9 Å². The first-order valence-corrected chi connectivity index (χ1v) is 11.5. The molecule has 0 unspecified atom stereocenters. The number of carbonyl (C=O) groups is 3. The van der Waals surface area contributed by atoms with Crippen LogP contribution in [0.2, 0.25) is 0 Å². The topological polar surface area (TPSA) is 106 Å². The lowest BCUT2D eigenvalue weighted by Gasteiger charge is -2.25. The maximum Gasteiger partial charge on any atom is 0.337 e. The summed E-state index contributed by atoms with van der Waals surface area (Å²) in [4.78, 5) is 43.9. The molecular weight excluding hydrogens is 460 g/mol. The number of amides is 1. The molecule has 8 heteroatoms. The summed E-state index contributed by atoms with van der Waals surface area (Å²) in [6.45, 7) is 2.10. The molecule has 5 rings (SSSR count). The molecule has 1 fully saturated rings. The number of ketones is 1. The number of aromatic nitrogens is 1. The van der Waals surface area contributed by atoms with Crippen molar-refractivity contribution in [3.8, 4) is 5.75 Å². The number of hydrogen-bond donors (Lipinski definition) is 1. The van der Waals surface area contributed by atoms with Gasteiger partial charge in [-0.25, -0.2) is 4.79 Å². The predicted octanol–water partition coefficient (Wildman–Crippen LogP) is 3.81. The minimum atomic E-state index is -0.853. The SMILES string of the molecule is COC(=O)c1ccc([C@H]2C(=C(O)c3ccc4c(c3)C[C@H](C)O4)C(=O)C(=O)N2Cc2ccncc2)cc1. The van der Waals surface area contributed by atoms with Gasteiger partial charge in [-0.1, -0.05) is 12.1 Å². The fourth-order valence-electron chi connectivity index (χ4n) is 4.72. The molecule has 1 aromatic heterocycles. The number of ether oxygens (including phenoxy) is 2. The van der Waals surface area contributed by atoms with Crippen molar-refractivity contribution in [3.05, 3.63) is 100 Å². The third-order valence-electron chi connectivity index (χ3n) is 6.46. The van der Waals surface area contributed by atoms with E-state index in [9.17, 15) is 19.5 Å². The molecule has 1 amide bonds. The van der Waals surface area contributed by atoms with Crippen molar-refractivity contribution in [2.75, 3.05) is 7.11 Å². The Labute approximate surface area is 207 Å². The first kappa shape index (κ1) is 23.3. The zero-order valence-electron chi connectivity index (χ0n) is 19.8. The molecule has 8 nitrogen and oxygen atoms in total. The number of Topliss-reactive ketones (excluding diaryl/α,β-unsaturated/α-hetero) is 1. The van der Waals surface area contributed by atoms with Crippen LogP contribution in [-0.4, -0.2) is 45.9 Å². The average molecular weight is 485 g/mol. The molecule has 182 valence electrons. The Hall–Kier alpha value is -4.46. The fraction of sp³-hybridized carbons (Fsp3) is 0.214. The molecule has 0 spiro atoms. The third kappa shape index (κ3) is 4.11. The molecule has 0 saturated carbocycles. The normalized spacial score (nSPS) is 20.2. The lowest BCUT2D eigenvalue weighted by Crippen LogP contribution is -2.29. The van der Waals surface area contributed by atoms with Gasteiger partial charge in [-0.3, -0.25) is 14.6 Å². The number of likely N-dealkylation sites (tertiary alicyclic amines) is 1. The van der Waals surface area contributed by atoms with E-state index in [1.807, 2.05) is 6.92 Å². The number of carbonyl (C=O) groups excluding carboxylic acids is 3. The molecule has 3 heterocycles. The number of nitrogens with zero attached hydrogens (tertiary/aromatic N) is 2. The molecule has 1 N–H and O–H groups in total. The van der Waals surface area contributed by atoms with Crippen molar-refractivity contribution in [1.29, 1.82) is 0 Å². The highest BCUT2D eigenvalue weighted by Gasteiger charge is 2.46. The standard InChI is InChI=1S/C28H24N2O6/c1-16-13-21-14-20(7-8-22(21)36-16)25(31)23-24(18-3-5-19(6-4-18)28(34)35-2)30(27(33)26(23)32)15-17-9-11-29-12-10-17/h3-12,14,16,24,31H,13,15H2,1-2H3/t16-,24-/m0/s1. The van der Waals surface area contributed by atoms with Gasteiger partial charge in [0.2, 0.25) is 0 Å². The first-order valence-electron chi connectivity index (χ1n) is 11.5. The number of methoxy groups -OCH3 is 1. The van der Waals surface area contributed by atoms with Crippen molar-refractivity contribution in [2.45, 2.75) is 32.0 Å². The van der Waals surface area contributed by atoms with Gasteiger partial charge in [0.25, 0.3) is 11.7 Å². The Bertz CT molecular complexity index is 1380. The van der Waals surface area contributed by atoms with Crippen LogP contribution in [0.1, 0.15) is 45.6 Å². The molecule has 2 aliphatic heterocycles. The quantitative estimate of drug-likeness (QED) is 0.254. The van der Waals surface area contributed by atoms with E-state index in [2.05, 4.69) is 4.98 Å². The zero-order valence-corrected chi connectivity index (χ0v) is 19.8. The highest BCUT2D eigenvalue weighted by molar-refractivity contribution is 6.46. The number of rotatable bonds is 5. The summed E-state index contributed by atoms with van der Waals surface area (Å²) in [5.41, 5.74) is 3.05. The Morgan fingerprint density at radius 3 is 2.47 bits per heavy atom. The molecule has 0 radical (unpaired) electrons. The number of hydrogen-bond acceptors (Lipinski definition) is 7. The smallest absolute Gasteiger partial charge is 0.337 e. The van der Waals surface area contributed by atoms with Crippen LogP contribution in [0.15, 0.2) is 72.6 Å². The van der Waals surface area contributed by atoms with E-state index >= 15 is 0 Å². The van der Waals surface area contributed by atoms with Gasteiger partial charge in [0.1, 0.15) is 17.6 Å². The largest absolute Gasteiger partial charge is 0.507 e. The van der Waals surface area contributed by atoms with E-state index in [1.165, 1.54) is 12.0 Å².